The Morgan fingerprint density at radius 3 is 1.93 bits per heavy atom. The van der Waals surface area contributed by atoms with E-state index in [1.807, 2.05) is 12.1 Å². The second-order valence-corrected chi connectivity index (χ2v) is 6.05. The van der Waals surface area contributed by atoms with Crippen LogP contribution in [0.4, 0.5) is 0 Å². The second-order valence-electron chi connectivity index (χ2n) is 6.05. The smallest absolute Gasteiger partial charge is 0.193 e. The molecule has 0 atom stereocenters. The van der Waals surface area contributed by atoms with Crippen molar-refractivity contribution in [1.82, 2.24) is 0 Å². The number of allylic oxidation sites excluding steroid dienone is 2. The van der Waals surface area contributed by atoms with Crippen molar-refractivity contribution in [3.63, 3.8) is 0 Å². The van der Waals surface area contributed by atoms with E-state index in [2.05, 4.69) is 0 Å². The third kappa shape index (κ3) is 4.18. The molecule has 0 saturated heterocycles. The van der Waals surface area contributed by atoms with Gasteiger partial charge in [0.05, 0.1) is 14.2 Å². The van der Waals surface area contributed by atoms with Gasteiger partial charge in [-0.05, 0) is 18.2 Å². The highest BCUT2D eigenvalue weighted by molar-refractivity contribution is 6.33. The van der Waals surface area contributed by atoms with Gasteiger partial charge in [0.15, 0.2) is 11.6 Å². The summed E-state index contributed by atoms with van der Waals surface area (Å²) in [6.07, 6.45) is 1.37. The van der Waals surface area contributed by atoms with Crippen LogP contribution in [-0.2, 0) is 0 Å². The van der Waals surface area contributed by atoms with Crippen LogP contribution < -0.4 is 9.47 Å². The zero-order chi connectivity index (χ0) is 19.9. The molecule has 0 aliphatic carbocycles. The Morgan fingerprint density at radius 1 is 0.750 bits per heavy atom. The fourth-order valence-electron chi connectivity index (χ4n) is 2.85. The molecule has 4 heteroatoms. The average molecular weight is 372 g/mol. The number of carbonyl (C=O) groups excluding carboxylic acids is 2. The van der Waals surface area contributed by atoms with Crippen LogP contribution in [0.25, 0.3) is 5.57 Å². The zero-order valence-electron chi connectivity index (χ0n) is 15.7. The standard InChI is InChI=1S/C24H20O4/c1-27-19-13-14-20(23(15-19)28-2)21(24(26)18-11-7-4-8-12-18)16-22(25)17-9-5-3-6-10-17/h3-16H,1-2H3/b21-16-. The first-order valence-electron chi connectivity index (χ1n) is 8.77. The molecule has 0 aliphatic rings. The lowest BCUT2D eigenvalue weighted by Gasteiger charge is -2.13. The summed E-state index contributed by atoms with van der Waals surface area (Å²) >= 11 is 0. The summed E-state index contributed by atoms with van der Waals surface area (Å²) in [6, 6.07) is 22.8. The van der Waals surface area contributed by atoms with E-state index in [-0.39, 0.29) is 17.1 Å². The minimum Gasteiger partial charge on any atom is -0.497 e. The van der Waals surface area contributed by atoms with Crippen LogP contribution in [0.15, 0.2) is 84.9 Å². The monoisotopic (exact) mass is 372 g/mol. The van der Waals surface area contributed by atoms with Crippen molar-refractivity contribution in [2.45, 2.75) is 0 Å². The van der Waals surface area contributed by atoms with Crippen molar-refractivity contribution in [2.24, 2.45) is 0 Å². The van der Waals surface area contributed by atoms with Crippen molar-refractivity contribution in [3.8, 4) is 11.5 Å². The molecule has 28 heavy (non-hydrogen) atoms. The van der Waals surface area contributed by atoms with Gasteiger partial charge in [-0.1, -0.05) is 60.7 Å². The second kappa shape index (κ2) is 8.82. The fraction of sp³-hybridized carbons (Fsp3) is 0.0833. The Kier molecular flexibility index (Phi) is 6.02. The van der Waals surface area contributed by atoms with Crippen LogP contribution in [-0.4, -0.2) is 25.8 Å². The quantitative estimate of drug-likeness (QED) is 0.439. The molecule has 0 bridgehead atoms. The van der Waals surface area contributed by atoms with Gasteiger partial charge in [0.2, 0.25) is 0 Å². The van der Waals surface area contributed by atoms with Crippen LogP contribution in [0, 0.1) is 0 Å². The van der Waals surface area contributed by atoms with E-state index in [1.165, 1.54) is 13.2 Å². The number of Topliss-reactive ketones (excluding diaryl/α,β-unsaturated/α-hetero) is 1. The summed E-state index contributed by atoms with van der Waals surface area (Å²) in [7, 11) is 3.07. The summed E-state index contributed by atoms with van der Waals surface area (Å²) in [4.78, 5) is 26.0. The van der Waals surface area contributed by atoms with E-state index in [0.717, 1.165) is 0 Å². The lowest BCUT2D eigenvalue weighted by Crippen LogP contribution is -2.07. The molecule has 0 amide bonds. The Bertz CT molecular complexity index is 1010. The van der Waals surface area contributed by atoms with Crippen molar-refractivity contribution in [1.29, 1.82) is 0 Å². The first-order valence-corrected chi connectivity index (χ1v) is 8.77. The number of ether oxygens (including phenoxy) is 2. The molecule has 3 aromatic carbocycles. The van der Waals surface area contributed by atoms with Crippen LogP contribution in [0.3, 0.4) is 0 Å². The van der Waals surface area contributed by atoms with Gasteiger partial charge >= 0.3 is 0 Å². The molecule has 0 spiro atoms. The van der Waals surface area contributed by atoms with Gasteiger partial charge in [0.25, 0.3) is 0 Å². The summed E-state index contributed by atoms with van der Waals surface area (Å²) in [5, 5.41) is 0. The lowest BCUT2D eigenvalue weighted by molar-refractivity contribution is 0.102. The summed E-state index contributed by atoms with van der Waals surface area (Å²) in [5.41, 5.74) is 1.79. The van der Waals surface area contributed by atoms with E-state index in [1.54, 1.807) is 73.8 Å². The number of rotatable bonds is 7. The number of benzene rings is 3. The summed E-state index contributed by atoms with van der Waals surface area (Å²) in [6.45, 7) is 0. The molecule has 4 nitrogen and oxygen atoms in total. The highest BCUT2D eigenvalue weighted by atomic mass is 16.5. The van der Waals surface area contributed by atoms with E-state index in [0.29, 0.717) is 28.2 Å². The van der Waals surface area contributed by atoms with Crippen LogP contribution in [0.5, 0.6) is 11.5 Å². The maximum absolute atomic E-state index is 13.2. The van der Waals surface area contributed by atoms with Crippen LogP contribution in [0.2, 0.25) is 0 Å². The lowest BCUT2D eigenvalue weighted by atomic mass is 9.93. The molecule has 140 valence electrons. The van der Waals surface area contributed by atoms with Crippen molar-refractivity contribution in [2.75, 3.05) is 14.2 Å². The van der Waals surface area contributed by atoms with Gasteiger partial charge in [0, 0.05) is 28.3 Å². The number of carbonyl (C=O) groups is 2. The molecule has 0 aromatic heterocycles. The van der Waals surface area contributed by atoms with Gasteiger partial charge in [-0.3, -0.25) is 9.59 Å². The van der Waals surface area contributed by atoms with E-state index in [9.17, 15) is 9.59 Å². The molecule has 0 unspecified atom stereocenters. The van der Waals surface area contributed by atoms with Gasteiger partial charge in [-0.2, -0.15) is 0 Å². The van der Waals surface area contributed by atoms with Crippen LogP contribution in [0.1, 0.15) is 26.3 Å². The molecule has 3 aromatic rings. The average Bonchev–Trinajstić information content (AvgIpc) is 2.77. The van der Waals surface area contributed by atoms with Crippen molar-refractivity contribution < 1.29 is 19.1 Å². The number of hydrogen-bond acceptors (Lipinski definition) is 4. The Balaban J connectivity index is 2.14. The number of ketones is 2. The molecule has 0 N–H and O–H groups in total. The Labute approximate surface area is 164 Å². The third-order valence-corrected chi connectivity index (χ3v) is 4.31. The van der Waals surface area contributed by atoms with Gasteiger partial charge < -0.3 is 9.47 Å². The van der Waals surface area contributed by atoms with Gasteiger partial charge in [-0.15, -0.1) is 0 Å². The molecule has 0 fully saturated rings. The highest BCUT2D eigenvalue weighted by Crippen LogP contribution is 2.32. The topological polar surface area (TPSA) is 52.6 Å². The van der Waals surface area contributed by atoms with Crippen LogP contribution >= 0.6 is 0 Å². The molecule has 3 rings (SSSR count). The zero-order valence-corrected chi connectivity index (χ0v) is 15.7. The maximum Gasteiger partial charge on any atom is 0.193 e. The van der Waals surface area contributed by atoms with E-state index >= 15 is 0 Å². The molecular formula is C24H20O4. The van der Waals surface area contributed by atoms with Crippen molar-refractivity contribution in [3.05, 3.63) is 102 Å². The largest absolute Gasteiger partial charge is 0.497 e. The molecule has 0 saturated carbocycles. The first kappa shape index (κ1) is 19.1. The van der Waals surface area contributed by atoms with Gasteiger partial charge in [0.1, 0.15) is 11.5 Å². The van der Waals surface area contributed by atoms with E-state index < -0.39 is 0 Å². The molecule has 0 heterocycles. The summed E-state index contributed by atoms with van der Waals surface area (Å²) in [5.74, 6) is 0.545. The van der Waals surface area contributed by atoms with Crippen molar-refractivity contribution >= 4 is 17.1 Å². The third-order valence-electron chi connectivity index (χ3n) is 4.31. The minimum atomic E-state index is -0.256. The number of methoxy groups -OCH3 is 2. The molecular weight excluding hydrogens is 352 g/mol. The maximum atomic E-state index is 13.2. The Morgan fingerprint density at radius 2 is 1.36 bits per heavy atom. The molecule has 0 aliphatic heterocycles. The first-order chi connectivity index (χ1) is 13.6. The predicted molar refractivity (Wildman–Crippen MR) is 109 cm³/mol. The summed E-state index contributed by atoms with van der Waals surface area (Å²) < 4.78 is 10.7. The molecule has 0 radical (unpaired) electrons. The van der Waals surface area contributed by atoms with Gasteiger partial charge in [-0.25, -0.2) is 0 Å². The Hall–Kier alpha value is -3.66. The number of hydrogen-bond donors (Lipinski definition) is 0. The SMILES string of the molecule is COc1ccc(/C(=C/C(=O)c2ccccc2)C(=O)c2ccccc2)c(OC)c1. The van der Waals surface area contributed by atoms with E-state index in [4.69, 9.17) is 9.47 Å². The fourth-order valence-corrected chi connectivity index (χ4v) is 2.85. The minimum absolute atomic E-state index is 0.252. The highest BCUT2D eigenvalue weighted by Gasteiger charge is 2.20. The predicted octanol–water partition coefficient (Wildman–Crippen LogP) is 4.85. The normalized spacial score (nSPS) is 11.0.